The summed E-state index contributed by atoms with van der Waals surface area (Å²) in [6.07, 6.45) is 0. The summed E-state index contributed by atoms with van der Waals surface area (Å²) in [4.78, 5) is 0. The Morgan fingerprint density at radius 2 is 1.17 bits per heavy atom. The molecule has 0 bridgehead atoms. The van der Waals surface area contributed by atoms with Crippen molar-refractivity contribution in [2.45, 2.75) is 20.8 Å². The first-order valence-electron chi connectivity index (χ1n) is 3.17. The maximum Gasteiger partial charge on any atom is 4.00 e. The van der Waals surface area contributed by atoms with Crippen LogP contribution in [0.4, 0.5) is 0 Å². The second kappa shape index (κ2) is 17.4. The van der Waals surface area contributed by atoms with Crippen molar-refractivity contribution in [2.75, 3.05) is 0 Å². The Morgan fingerprint density at radius 1 is 0.917 bits per heavy atom. The Bertz CT molecular complexity index is 88.6. The van der Waals surface area contributed by atoms with Crippen LogP contribution in [-0.4, -0.2) is 0 Å². The summed E-state index contributed by atoms with van der Waals surface area (Å²) >= 11 is 0. The van der Waals surface area contributed by atoms with Gasteiger partial charge in [0.25, 0.3) is 0 Å². The van der Waals surface area contributed by atoms with Gasteiger partial charge in [-0.3, -0.25) is 0 Å². The van der Waals surface area contributed by atoms with Gasteiger partial charge in [-0.25, -0.2) is 12.1 Å². The number of rotatable bonds is 0. The molecule has 68 valence electrons. The van der Waals surface area contributed by atoms with E-state index >= 15 is 0 Å². The fourth-order valence-corrected chi connectivity index (χ4v) is 0.321. The van der Waals surface area contributed by atoms with Crippen LogP contribution in [-0.2, 0) is 26.2 Å². The summed E-state index contributed by atoms with van der Waals surface area (Å²) < 4.78 is 0. The van der Waals surface area contributed by atoms with E-state index in [4.69, 9.17) is 0 Å². The molecule has 0 aliphatic rings. The molecule has 0 aromatic heterocycles. The fraction of sp³-hybridized carbons (Fsp3) is 0.273. The molecule has 1 heteroatoms. The summed E-state index contributed by atoms with van der Waals surface area (Å²) in [6, 6.07) is 10.0. The van der Waals surface area contributed by atoms with E-state index in [1.807, 2.05) is 30.3 Å². The molecule has 1 aromatic rings. The van der Waals surface area contributed by atoms with Gasteiger partial charge in [0, 0.05) is 0 Å². The molecule has 0 aliphatic carbocycles. The third-order valence-corrected chi connectivity index (χ3v) is 0.556. The van der Waals surface area contributed by atoms with E-state index in [0.717, 1.165) is 0 Å². The Hall–Kier alpha value is 0.233. The van der Waals surface area contributed by atoms with Crippen LogP contribution in [0, 0.1) is 20.8 Å². The average molecular weight is 244 g/mol. The molecule has 0 aliphatic heterocycles. The van der Waals surface area contributed by atoms with Crippen LogP contribution in [0.5, 0.6) is 0 Å². The molecule has 0 fully saturated rings. The van der Waals surface area contributed by atoms with E-state index in [9.17, 15) is 0 Å². The van der Waals surface area contributed by atoms with Crippen LogP contribution in [0.15, 0.2) is 30.3 Å². The van der Waals surface area contributed by atoms with Crippen molar-refractivity contribution in [3.63, 3.8) is 0 Å². The smallest absolute Gasteiger partial charge is 0.358 e. The quantitative estimate of drug-likeness (QED) is 0.606. The molecule has 1 rings (SSSR count). The van der Waals surface area contributed by atoms with Crippen molar-refractivity contribution in [1.29, 1.82) is 0 Å². The van der Waals surface area contributed by atoms with E-state index in [2.05, 4.69) is 20.8 Å². The number of hydrogen-bond donors (Lipinski definition) is 0. The summed E-state index contributed by atoms with van der Waals surface area (Å²) in [6.45, 7) is 6.25. The van der Waals surface area contributed by atoms with Crippen molar-refractivity contribution >= 4 is 0 Å². The van der Waals surface area contributed by atoms with Gasteiger partial charge in [-0.1, -0.05) is 0 Å². The zero-order valence-corrected chi connectivity index (χ0v) is 11.3. The van der Waals surface area contributed by atoms with Gasteiger partial charge in [-0.15, -0.1) is 0 Å². The monoisotopic (exact) mass is 242 g/mol. The first kappa shape index (κ1) is 22.8. The molecule has 1 aromatic carbocycles. The minimum atomic E-state index is 0. The zero-order valence-electron chi connectivity index (χ0n) is 8.89. The standard InChI is InChI=1S/C5H5.C4H9.2CH3.Zr/c1-2-4-5-3-1;1-4(2)3;;;/h1-5H;1-3H3;2*1H3;/q4*-1;+4. The Morgan fingerprint density at radius 3 is 1.25 bits per heavy atom. The first-order chi connectivity index (χ1) is 4.23. The summed E-state index contributed by atoms with van der Waals surface area (Å²) in [5, 5.41) is 0. The molecule has 0 unspecified atom stereocenters. The average Bonchev–Trinajstić information content (AvgIpc) is 2.11. The van der Waals surface area contributed by atoms with Crippen LogP contribution >= 0.6 is 0 Å². The maximum atomic E-state index is 2.08. The molecule has 0 heterocycles. The molecule has 0 saturated heterocycles. The van der Waals surface area contributed by atoms with Crippen LogP contribution in [0.2, 0.25) is 0 Å². The molecule has 0 N–H and O–H groups in total. The third-order valence-electron chi connectivity index (χ3n) is 0.556. The SMILES string of the molecule is C[C-](C)C.[CH3-].[CH3-].[Zr+4].c1cc[cH-]c1. The topological polar surface area (TPSA) is 0 Å². The Balaban J connectivity index is -0.0000000436. The first-order valence-corrected chi connectivity index (χ1v) is 3.17. The normalized spacial score (nSPS) is 6.33. The largest absolute Gasteiger partial charge is 4.00 e. The predicted octanol–water partition coefficient (Wildman–Crippen LogP) is 3.92. The van der Waals surface area contributed by atoms with Crippen molar-refractivity contribution in [1.82, 2.24) is 0 Å². The van der Waals surface area contributed by atoms with Crippen LogP contribution in [0.25, 0.3) is 0 Å². The van der Waals surface area contributed by atoms with Crippen LogP contribution in [0.3, 0.4) is 0 Å². The van der Waals surface area contributed by atoms with E-state index in [1.54, 1.807) is 0 Å². The van der Waals surface area contributed by atoms with Gasteiger partial charge >= 0.3 is 26.2 Å². The third kappa shape index (κ3) is 31.9. The van der Waals surface area contributed by atoms with Gasteiger partial charge in [-0.05, 0) is 0 Å². The molecule has 0 nitrogen and oxygen atoms in total. The molecular weight excluding hydrogens is 223 g/mol. The van der Waals surface area contributed by atoms with Crippen LogP contribution in [0.1, 0.15) is 20.8 Å². The van der Waals surface area contributed by atoms with Crippen molar-refractivity contribution in [2.24, 2.45) is 0 Å². The Labute approximate surface area is 97.9 Å². The van der Waals surface area contributed by atoms with E-state index < -0.39 is 0 Å². The van der Waals surface area contributed by atoms with Crippen molar-refractivity contribution < 1.29 is 26.2 Å². The van der Waals surface area contributed by atoms with Gasteiger partial charge in [0.15, 0.2) is 0 Å². The van der Waals surface area contributed by atoms with Gasteiger partial charge in [0.05, 0.1) is 0 Å². The molecular formula is C11H20Zr. The molecule has 12 heavy (non-hydrogen) atoms. The molecule has 0 radical (unpaired) electrons. The predicted molar refractivity (Wildman–Crippen MR) is 55.1 cm³/mol. The molecule has 0 atom stereocenters. The minimum absolute atomic E-state index is 0. The molecule has 0 saturated carbocycles. The minimum Gasteiger partial charge on any atom is -0.358 e. The summed E-state index contributed by atoms with van der Waals surface area (Å²) in [5.41, 5.74) is 0. The van der Waals surface area contributed by atoms with Crippen molar-refractivity contribution in [3.8, 4) is 0 Å². The van der Waals surface area contributed by atoms with Gasteiger partial charge in [0.2, 0.25) is 0 Å². The summed E-state index contributed by atoms with van der Waals surface area (Å²) in [7, 11) is 0. The van der Waals surface area contributed by atoms with Gasteiger partial charge in [0.1, 0.15) is 0 Å². The molecule has 0 amide bonds. The second-order valence-corrected chi connectivity index (χ2v) is 2.46. The fourth-order valence-electron chi connectivity index (χ4n) is 0.321. The van der Waals surface area contributed by atoms with Crippen LogP contribution < -0.4 is 0 Å². The molecule has 0 spiro atoms. The van der Waals surface area contributed by atoms with Gasteiger partial charge < -0.3 is 20.8 Å². The maximum absolute atomic E-state index is 2.08. The number of hydrogen-bond acceptors (Lipinski definition) is 0. The van der Waals surface area contributed by atoms with Crippen molar-refractivity contribution in [3.05, 3.63) is 51.1 Å². The zero-order chi connectivity index (χ0) is 7.11. The van der Waals surface area contributed by atoms with E-state index in [1.165, 1.54) is 5.92 Å². The van der Waals surface area contributed by atoms with Gasteiger partial charge in [-0.2, -0.15) is 39.0 Å². The van der Waals surface area contributed by atoms with E-state index in [-0.39, 0.29) is 41.1 Å². The van der Waals surface area contributed by atoms with E-state index in [0.29, 0.717) is 0 Å². The Kier molecular flexibility index (Phi) is 32.9. The second-order valence-electron chi connectivity index (χ2n) is 2.46. The summed E-state index contributed by atoms with van der Waals surface area (Å²) in [5.74, 6) is 1.42.